The summed E-state index contributed by atoms with van der Waals surface area (Å²) in [5.74, 6) is -0.351. The number of aromatic nitrogens is 2. The summed E-state index contributed by atoms with van der Waals surface area (Å²) in [5.41, 5.74) is 0.539. The lowest BCUT2D eigenvalue weighted by Gasteiger charge is -2.36. The van der Waals surface area contributed by atoms with Gasteiger partial charge in [0.05, 0.1) is 11.8 Å². The zero-order valence-corrected chi connectivity index (χ0v) is 12.9. The molecule has 0 aromatic carbocycles. The van der Waals surface area contributed by atoms with Crippen molar-refractivity contribution in [3.63, 3.8) is 0 Å². The Morgan fingerprint density at radius 1 is 1.45 bits per heavy atom. The minimum atomic E-state index is -0.511. The highest BCUT2D eigenvalue weighted by Gasteiger charge is 2.39. The number of amides is 1. The molecule has 1 aromatic heterocycles. The lowest BCUT2D eigenvalue weighted by molar-refractivity contribution is -0.392. The Morgan fingerprint density at radius 2 is 2.09 bits per heavy atom. The first kappa shape index (κ1) is 15.0. The van der Waals surface area contributed by atoms with E-state index in [-0.39, 0.29) is 24.3 Å². The van der Waals surface area contributed by atoms with Crippen LogP contribution in [0.3, 0.4) is 0 Å². The van der Waals surface area contributed by atoms with Crippen LogP contribution in [0.4, 0.5) is 5.82 Å². The predicted octanol–water partition coefficient (Wildman–Crippen LogP) is 0.841. The zero-order chi connectivity index (χ0) is 15.9. The number of piperidine rings is 1. The van der Waals surface area contributed by atoms with Crippen molar-refractivity contribution in [1.82, 2.24) is 20.0 Å². The molecule has 8 nitrogen and oxygen atoms in total. The van der Waals surface area contributed by atoms with Crippen molar-refractivity contribution in [1.29, 1.82) is 0 Å². The van der Waals surface area contributed by atoms with Crippen molar-refractivity contribution in [2.75, 3.05) is 7.05 Å². The van der Waals surface area contributed by atoms with Gasteiger partial charge in [0, 0.05) is 18.1 Å². The summed E-state index contributed by atoms with van der Waals surface area (Å²) in [6, 6.07) is 2.64. The van der Waals surface area contributed by atoms with Gasteiger partial charge in [0.15, 0.2) is 6.54 Å². The van der Waals surface area contributed by atoms with E-state index in [1.807, 2.05) is 0 Å². The number of hydrogen-bond donors (Lipinski definition) is 1. The molecule has 22 heavy (non-hydrogen) atoms. The molecule has 0 radical (unpaired) electrons. The fourth-order valence-electron chi connectivity index (χ4n) is 3.73. The second-order valence-corrected chi connectivity index (χ2v) is 6.34. The molecule has 0 aliphatic carbocycles. The second-order valence-electron chi connectivity index (χ2n) is 6.34. The molecule has 2 aliphatic heterocycles. The summed E-state index contributed by atoms with van der Waals surface area (Å²) in [6.07, 6.45) is 4.30. The molecule has 2 saturated heterocycles. The quantitative estimate of drug-likeness (QED) is 0.657. The lowest BCUT2D eigenvalue weighted by Crippen LogP contribution is -2.49. The van der Waals surface area contributed by atoms with E-state index in [1.165, 1.54) is 18.9 Å². The fourth-order valence-corrected chi connectivity index (χ4v) is 3.73. The fraction of sp³-hybridized carbons (Fsp3) is 0.714. The number of fused-ring (bicyclic) bond motifs is 2. The van der Waals surface area contributed by atoms with Gasteiger partial charge in [-0.2, -0.15) is 0 Å². The molecule has 1 amide bonds. The minimum absolute atomic E-state index is 0.105. The number of nitro groups is 1. The Labute approximate surface area is 128 Å². The molecule has 1 aromatic rings. The zero-order valence-electron chi connectivity index (χ0n) is 12.9. The van der Waals surface area contributed by atoms with Crippen molar-refractivity contribution >= 4 is 11.7 Å². The Balaban J connectivity index is 1.60. The Bertz CT molecular complexity index is 585. The molecule has 0 spiro atoms. The average molecular weight is 307 g/mol. The number of nitrogens with one attached hydrogen (secondary N) is 1. The molecular formula is C14H21N5O3. The van der Waals surface area contributed by atoms with Gasteiger partial charge in [-0.25, -0.2) is 0 Å². The van der Waals surface area contributed by atoms with E-state index < -0.39 is 4.92 Å². The molecule has 8 heteroatoms. The van der Waals surface area contributed by atoms with Crippen molar-refractivity contribution in [2.24, 2.45) is 0 Å². The SMILES string of the molecule is Cc1cc([N+](=O)[O-])n(CC(=O)NC2CC3CCC(C2)N3C)n1. The first-order valence-electron chi connectivity index (χ1n) is 7.64. The van der Waals surface area contributed by atoms with Gasteiger partial charge >= 0.3 is 5.82 Å². The third-order valence-electron chi connectivity index (χ3n) is 4.82. The maximum atomic E-state index is 12.2. The van der Waals surface area contributed by atoms with Gasteiger partial charge in [0.25, 0.3) is 5.91 Å². The molecule has 2 aliphatic rings. The largest absolute Gasteiger partial charge is 0.358 e. The highest BCUT2D eigenvalue weighted by molar-refractivity contribution is 5.76. The summed E-state index contributed by atoms with van der Waals surface area (Å²) in [6.45, 7) is 1.57. The maximum absolute atomic E-state index is 12.2. The third kappa shape index (κ3) is 2.83. The molecule has 3 rings (SSSR count). The standard InChI is InChI=1S/C14H21N5O3/c1-9-5-14(19(21)22)18(16-9)8-13(20)15-10-6-11-3-4-12(7-10)17(11)2/h5,10-12H,3-4,6-8H2,1-2H3,(H,15,20). The van der Waals surface area contributed by atoms with Crippen molar-refractivity contribution in [3.05, 3.63) is 21.9 Å². The van der Waals surface area contributed by atoms with Crippen LogP contribution in [0.5, 0.6) is 0 Å². The number of carbonyl (C=O) groups excluding carboxylic acids is 1. The molecule has 2 unspecified atom stereocenters. The topological polar surface area (TPSA) is 93.3 Å². The van der Waals surface area contributed by atoms with E-state index in [9.17, 15) is 14.9 Å². The van der Waals surface area contributed by atoms with Crippen molar-refractivity contribution < 1.29 is 9.72 Å². The van der Waals surface area contributed by atoms with Gasteiger partial charge in [-0.05, 0) is 44.6 Å². The summed E-state index contributed by atoms with van der Waals surface area (Å²) in [5, 5.41) is 18.0. The normalized spacial score (nSPS) is 27.8. The van der Waals surface area contributed by atoms with Crippen LogP contribution < -0.4 is 5.32 Å². The van der Waals surface area contributed by atoms with Crippen LogP contribution in [-0.4, -0.2) is 50.7 Å². The van der Waals surface area contributed by atoms with E-state index in [4.69, 9.17) is 0 Å². The highest BCUT2D eigenvalue weighted by Crippen LogP contribution is 2.34. The van der Waals surface area contributed by atoms with Crippen LogP contribution >= 0.6 is 0 Å². The predicted molar refractivity (Wildman–Crippen MR) is 79.4 cm³/mol. The van der Waals surface area contributed by atoms with E-state index in [1.54, 1.807) is 6.92 Å². The molecule has 0 saturated carbocycles. The van der Waals surface area contributed by atoms with E-state index in [0.717, 1.165) is 17.5 Å². The van der Waals surface area contributed by atoms with Crippen LogP contribution in [0.15, 0.2) is 6.07 Å². The summed E-state index contributed by atoms with van der Waals surface area (Å²) in [4.78, 5) is 25.0. The van der Waals surface area contributed by atoms with Crippen LogP contribution in [0.25, 0.3) is 0 Å². The summed E-state index contributed by atoms with van der Waals surface area (Å²) in [7, 11) is 2.15. The van der Waals surface area contributed by atoms with E-state index >= 15 is 0 Å². The Hall–Kier alpha value is -1.96. The van der Waals surface area contributed by atoms with Gasteiger partial charge in [-0.15, -0.1) is 4.68 Å². The minimum Gasteiger partial charge on any atom is -0.358 e. The molecule has 3 heterocycles. The molecule has 2 bridgehead atoms. The Morgan fingerprint density at radius 3 is 2.68 bits per heavy atom. The highest BCUT2D eigenvalue weighted by atomic mass is 16.6. The van der Waals surface area contributed by atoms with Crippen LogP contribution in [0.1, 0.15) is 31.4 Å². The molecule has 120 valence electrons. The van der Waals surface area contributed by atoms with Crippen LogP contribution in [0, 0.1) is 17.0 Å². The van der Waals surface area contributed by atoms with Crippen molar-refractivity contribution in [3.8, 4) is 0 Å². The molecular weight excluding hydrogens is 286 g/mol. The summed E-state index contributed by atoms with van der Waals surface area (Å²) < 4.78 is 1.16. The average Bonchev–Trinajstić information content (AvgIpc) is 2.87. The smallest absolute Gasteiger partial charge is 0.345 e. The monoisotopic (exact) mass is 307 g/mol. The second kappa shape index (κ2) is 5.68. The van der Waals surface area contributed by atoms with Gasteiger partial charge in [-0.1, -0.05) is 5.10 Å². The first-order valence-corrected chi connectivity index (χ1v) is 7.64. The van der Waals surface area contributed by atoms with Gasteiger partial charge in [-0.3, -0.25) is 4.79 Å². The van der Waals surface area contributed by atoms with Gasteiger partial charge < -0.3 is 20.3 Å². The van der Waals surface area contributed by atoms with Crippen molar-refractivity contribution in [2.45, 2.75) is 57.3 Å². The number of rotatable bonds is 4. The maximum Gasteiger partial charge on any atom is 0.345 e. The van der Waals surface area contributed by atoms with E-state index in [2.05, 4.69) is 22.4 Å². The summed E-state index contributed by atoms with van der Waals surface area (Å²) >= 11 is 0. The van der Waals surface area contributed by atoms with E-state index in [0.29, 0.717) is 17.8 Å². The molecule has 2 atom stereocenters. The van der Waals surface area contributed by atoms with Gasteiger partial charge in [0.2, 0.25) is 0 Å². The third-order valence-corrected chi connectivity index (χ3v) is 4.82. The first-order chi connectivity index (χ1) is 10.4. The lowest BCUT2D eigenvalue weighted by atomic mass is 9.98. The van der Waals surface area contributed by atoms with Crippen LogP contribution in [0.2, 0.25) is 0 Å². The Kier molecular flexibility index (Phi) is 3.86. The molecule has 2 fully saturated rings. The number of aryl methyl sites for hydroxylation is 1. The molecule has 1 N–H and O–H groups in total. The number of hydrogen-bond acceptors (Lipinski definition) is 5. The number of carbonyl (C=O) groups is 1. The van der Waals surface area contributed by atoms with Crippen LogP contribution in [-0.2, 0) is 11.3 Å². The van der Waals surface area contributed by atoms with Gasteiger partial charge in [0.1, 0.15) is 0 Å². The number of nitrogens with zero attached hydrogens (tertiary/aromatic N) is 4.